The van der Waals surface area contributed by atoms with Crippen molar-refractivity contribution in [3.05, 3.63) is 77.2 Å². The molecule has 5 rings (SSSR count). The van der Waals surface area contributed by atoms with E-state index in [0.717, 1.165) is 53.8 Å². The molecule has 0 aliphatic carbocycles. The maximum atomic E-state index is 12.6. The zero-order valence-corrected chi connectivity index (χ0v) is 17.5. The van der Waals surface area contributed by atoms with Crippen LogP contribution in [0.25, 0.3) is 22.0 Å². The molecule has 0 bridgehead atoms. The summed E-state index contributed by atoms with van der Waals surface area (Å²) in [6, 6.07) is 13.7. The Morgan fingerprint density at radius 1 is 1.03 bits per heavy atom. The van der Waals surface area contributed by atoms with Crippen LogP contribution in [0.1, 0.15) is 18.5 Å². The highest BCUT2D eigenvalue weighted by Crippen LogP contribution is 2.29. The minimum Gasteiger partial charge on any atom is -0.355 e. The number of aryl methyl sites for hydroxylation is 1. The van der Waals surface area contributed by atoms with Gasteiger partial charge in [-0.05, 0) is 37.8 Å². The Morgan fingerprint density at radius 3 is 2.58 bits per heavy atom. The van der Waals surface area contributed by atoms with Crippen molar-refractivity contribution in [1.82, 2.24) is 24.7 Å². The van der Waals surface area contributed by atoms with Crippen LogP contribution in [0.5, 0.6) is 0 Å². The van der Waals surface area contributed by atoms with Gasteiger partial charge in [-0.3, -0.25) is 14.3 Å². The molecule has 3 aromatic heterocycles. The normalized spacial score (nSPS) is 14.8. The van der Waals surface area contributed by atoms with E-state index in [2.05, 4.69) is 37.2 Å². The fourth-order valence-electron chi connectivity index (χ4n) is 4.30. The minimum atomic E-state index is -0.0216. The van der Waals surface area contributed by atoms with E-state index in [4.69, 9.17) is 0 Å². The Hall–Kier alpha value is -3.61. The van der Waals surface area contributed by atoms with E-state index in [1.807, 2.05) is 31.2 Å². The molecule has 1 aliphatic heterocycles. The third-order valence-corrected chi connectivity index (χ3v) is 6.06. The summed E-state index contributed by atoms with van der Waals surface area (Å²) in [5, 5.41) is 11.2. The molecule has 156 valence electrons. The molecule has 1 saturated heterocycles. The number of rotatable bonds is 4. The van der Waals surface area contributed by atoms with Gasteiger partial charge < -0.3 is 4.90 Å². The summed E-state index contributed by atoms with van der Waals surface area (Å²) in [4.78, 5) is 23.5. The second-order valence-electron chi connectivity index (χ2n) is 8.09. The highest BCUT2D eigenvalue weighted by Gasteiger charge is 2.23. The fourth-order valence-corrected chi connectivity index (χ4v) is 4.30. The van der Waals surface area contributed by atoms with Gasteiger partial charge in [-0.2, -0.15) is 5.10 Å². The van der Waals surface area contributed by atoms with Gasteiger partial charge in [0.25, 0.3) is 5.56 Å². The van der Waals surface area contributed by atoms with Crippen LogP contribution in [0.15, 0.2) is 66.0 Å². The number of hydrogen-bond donors (Lipinski definition) is 0. The number of anilines is 1. The van der Waals surface area contributed by atoms with Crippen molar-refractivity contribution < 1.29 is 0 Å². The van der Waals surface area contributed by atoms with Crippen LogP contribution in [0.2, 0.25) is 0 Å². The monoisotopic (exact) mass is 412 g/mol. The molecule has 7 nitrogen and oxygen atoms in total. The molecule has 1 aliphatic rings. The molecule has 0 atom stereocenters. The van der Waals surface area contributed by atoms with Crippen molar-refractivity contribution in [2.45, 2.75) is 26.3 Å². The van der Waals surface area contributed by atoms with Gasteiger partial charge in [-0.25, -0.2) is 4.98 Å². The molecule has 0 amide bonds. The smallest absolute Gasteiger partial charge is 0.253 e. The minimum absolute atomic E-state index is 0.0216. The predicted octanol–water partition coefficient (Wildman–Crippen LogP) is 3.47. The standard InChI is InChI=1S/C24H24N6O/c1-17-20-6-2-3-7-21(20)24(28-27-17)29-11-8-18(9-12-29)15-30-16-26-22(13-23(30)31)19-5-4-10-25-14-19/h2-7,10,13-14,16,18H,8-9,11-12,15H2,1H3. The molecular formula is C24H24N6O. The molecule has 4 aromatic rings. The molecular weight excluding hydrogens is 388 g/mol. The van der Waals surface area contributed by atoms with Crippen LogP contribution in [-0.2, 0) is 6.54 Å². The number of nitrogens with zero attached hydrogens (tertiary/aromatic N) is 6. The fraction of sp³-hybridized carbons (Fsp3) is 0.292. The number of aromatic nitrogens is 5. The van der Waals surface area contributed by atoms with Crippen molar-refractivity contribution >= 4 is 16.6 Å². The average molecular weight is 412 g/mol. The number of benzene rings is 1. The first-order valence-corrected chi connectivity index (χ1v) is 10.6. The van der Waals surface area contributed by atoms with E-state index in [9.17, 15) is 4.79 Å². The molecule has 4 heterocycles. The van der Waals surface area contributed by atoms with Gasteiger partial charge in [-0.1, -0.05) is 24.3 Å². The molecule has 0 spiro atoms. The maximum absolute atomic E-state index is 12.6. The first kappa shape index (κ1) is 19.4. The van der Waals surface area contributed by atoms with Gasteiger partial charge in [0.15, 0.2) is 5.82 Å². The lowest BCUT2D eigenvalue weighted by Gasteiger charge is -2.33. The molecule has 0 radical (unpaired) electrons. The van der Waals surface area contributed by atoms with Crippen LogP contribution in [-0.4, -0.2) is 37.8 Å². The maximum Gasteiger partial charge on any atom is 0.253 e. The topological polar surface area (TPSA) is 76.8 Å². The lowest BCUT2D eigenvalue weighted by Crippen LogP contribution is -2.37. The summed E-state index contributed by atoms with van der Waals surface area (Å²) in [6.07, 6.45) is 7.10. The third kappa shape index (κ3) is 3.91. The SMILES string of the molecule is Cc1nnc(N2CCC(Cn3cnc(-c4cccnc4)cc3=O)CC2)c2ccccc12. The average Bonchev–Trinajstić information content (AvgIpc) is 2.82. The van der Waals surface area contributed by atoms with E-state index in [-0.39, 0.29) is 5.56 Å². The summed E-state index contributed by atoms with van der Waals surface area (Å²) in [7, 11) is 0. The quantitative estimate of drug-likeness (QED) is 0.511. The van der Waals surface area contributed by atoms with Crippen molar-refractivity contribution in [2.75, 3.05) is 18.0 Å². The van der Waals surface area contributed by atoms with E-state index < -0.39 is 0 Å². The number of pyridine rings is 1. The summed E-state index contributed by atoms with van der Waals surface area (Å²) in [6.45, 7) is 4.49. The molecule has 0 unspecified atom stereocenters. The Kier molecular flexibility index (Phi) is 5.16. The molecule has 0 saturated carbocycles. The van der Waals surface area contributed by atoms with Crippen molar-refractivity contribution in [2.24, 2.45) is 5.92 Å². The number of fused-ring (bicyclic) bond motifs is 1. The molecule has 0 N–H and O–H groups in total. The van der Waals surface area contributed by atoms with Crippen LogP contribution in [0.4, 0.5) is 5.82 Å². The Bertz CT molecular complexity index is 1260. The van der Waals surface area contributed by atoms with Gasteiger partial charge >= 0.3 is 0 Å². The first-order valence-electron chi connectivity index (χ1n) is 10.6. The van der Waals surface area contributed by atoms with Crippen LogP contribution in [0.3, 0.4) is 0 Å². The zero-order valence-electron chi connectivity index (χ0n) is 17.5. The Labute approximate surface area is 180 Å². The van der Waals surface area contributed by atoms with E-state index in [1.54, 1.807) is 29.4 Å². The summed E-state index contributed by atoms with van der Waals surface area (Å²) in [5.74, 6) is 1.39. The van der Waals surface area contributed by atoms with Crippen LogP contribution >= 0.6 is 0 Å². The third-order valence-electron chi connectivity index (χ3n) is 6.06. The lowest BCUT2D eigenvalue weighted by molar-refractivity contribution is 0.350. The Morgan fingerprint density at radius 2 is 1.84 bits per heavy atom. The number of piperidine rings is 1. The van der Waals surface area contributed by atoms with Gasteiger partial charge in [-0.15, -0.1) is 5.10 Å². The Balaban J connectivity index is 1.28. The second kappa shape index (κ2) is 8.26. The molecule has 1 aromatic carbocycles. The lowest BCUT2D eigenvalue weighted by atomic mass is 9.96. The molecule has 31 heavy (non-hydrogen) atoms. The highest BCUT2D eigenvalue weighted by molar-refractivity contribution is 5.93. The second-order valence-corrected chi connectivity index (χ2v) is 8.09. The van der Waals surface area contributed by atoms with Crippen LogP contribution in [0, 0.1) is 12.8 Å². The number of hydrogen-bond acceptors (Lipinski definition) is 6. The van der Waals surface area contributed by atoms with Gasteiger partial charge in [0.1, 0.15) is 0 Å². The van der Waals surface area contributed by atoms with E-state index >= 15 is 0 Å². The van der Waals surface area contributed by atoms with Crippen molar-refractivity contribution in [1.29, 1.82) is 0 Å². The summed E-state index contributed by atoms with van der Waals surface area (Å²) >= 11 is 0. The zero-order chi connectivity index (χ0) is 21.2. The van der Waals surface area contributed by atoms with Crippen molar-refractivity contribution in [3.63, 3.8) is 0 Å². The van der Waals surface area contributed by atoms with Gasteiger partial charge in [0, 0.05) is 54.4 Å². The largest absolute Gasteiger partial charge is 0.355 e. The predicted molar refractivity (Wildman–Crippen MR) is 121 cm³/mol. The van der Waals surface area contributed by atoms with E-state index in [1.165, 1.54) is 0 Å². The highest BCUT2D eigenvalue weighted by atomic mass is 16.1. The summed E-state index contributed by atoms with van der Waals surface area (Å²) in [5.41, 5.74) is 2.45. The van der Waals surface area contributed by atoms with Gasteiger partial charge in [0.05, 0.1) is 17.7 Å². The summed E-state index contributed by atoms with van der Waals surface area (Å²) < 4.78 is 1.72. The van der Waals surface area contributed by atoms with Crippen molar-refractivity contribution in [3.8, 4) is 11.3 Å². The van der Waals surface area contributed by atoms with Crippen LogP contribution < -0.4 is 10.5 Å². The first-order chi connectivity index (χ1) is 15.2. The van der Waals surface area contributed by atoms with Gasteiger partial charge in [0.2, 0.25) is 0 Å². The molecule has 7 heteroatoms. The van der Waals surface area contributed by atoms with E-state index in [0.29, 0.717) is 18.2 Å². The molecule has 1 fully saturated rings.